The van der Waals surface area contributed by atoms with E-state index in [2.05, 4.69) is 20.6 Å². The Morgan fingerprint density at radius 1 is 1.53 bits per heavy atom. The molecule has 1 aromatic rings. The zero-order valence-corrected chi connectivity index (χ0v) is 9.83. The molecule has 17 heavy (non-hydrogen) atoms. The molecule has 0 atom stereocenters. The van der Waals surface area contributed by atoms with Gasteiger partial charge in [0, 0.05) is 6.54 Å². The lowest BCUT2D eigenvalue weighted by Gasteiger charge is -2.15. The SMILES string of the molecule is CCCNc1ncc(F)c(NC2(CO)CC2)n1. The Hall–Kier alpha value is -1.43. The summed E-state index contributed by atoms with van der Waals surface area (Å²) in [6.07, 6.45) is 3.76. The lowest BCUT2D eigenvalue weighted by Crippen LogP contribution is -2.27. The van der Waals surface area contributed by atoms with Crippen LogP contribution in [0, 0.1) is 5.82 Å². The molecule has 1 saturated carbocycles. The van der Waals surface area contributed by atoms with E-state index in [1.54, 1.807) is 0 Å². The number of hydrogen-bond donors (Lipinski definition) is 3. The average Bonchev–Trinajstić information content (AvgIpc) is 3.11. The minimum absolute atomic E-state index is 0.00579. The number of nitrogens with zero attached hydrogens (tertiary/aromatic N) is 2. The predicted octanol–water partition coefficient (Wildman–Crippen LogP) is 1.37. The van der Waals surface area contributed by atoms with E-state index >= 15 is 0 Å². The van der Waals surface area contributed by atoms with Gasteiger partial charge in [0.05, 0.1) is 18.3 Å². The van der Waals surface area contributed by atoms with E-state index in [1.165, 1.54) is 0 Å². The van der Waals surface area contributed by atoms with Gasteiger partial charge in [0.25, 0.3) is 0 Å². The van der Waals surface area contributed by atoms with Crippen molar-refractivity contribution in [2.24, 2.45) is 0 Å². The van der Waals surface area contributed by atoms with Gasteiger partial charge < -0.3 is 15.7 Å². The quantitative estimate of drug-likeness (QED) is 0.700. The van der Waals surface area contributed by atoms with Crippen LogP contribution in [0.15, 0.2) is 6.20 Å². The molecule has 0 saturated heterocycles. The molecule has 3 N–H and O–H groups in total. The summed E-state index contributed by atoms with van der Waals surface area (Å²) < 4.78 is 13.5. The molecular weight excluding hydrogens is 223 g/mol. The van der Waals surface area contributed by atoms with Crippen LogP contribution in [0.5, 0.6) is 0 Å². The summed E-state index contributed by atoms with van der Waals surface area (Å²) in [5.41, 5.74) is -0.378. The van der Waals surface area contributed by atoms with E-state index in [0.29, 0.717) is 5.95 Å². The molecule has 1 heterocycles. The first-order valence-electron chi connectivity index (χ1n) is 5.84. The van der Waals surface area contributed by atoms with Crippen molar-refractivity contribution in [1.82, 2.24) is 9.97 Å². The second-order valence-corrected chi connectivity index (χ2v) is 4.38. The summed E-state index contributed by atoms with van der Waals surface area (Å²) in [6, 6.07) is 0. The summed E-state index contributed by atoms with van der Waals surface area (Å²) in [5.74, 6) is 0.0708. The second kappa shape index (κ2) is 4.83. The number of aliphatic hydroxyl groups is 1. The van der Waals surface area contributed by atoms with Crippen molar-refractivity contribution in [3.8, 4) is 0 Å². The van der Waals surface area contributed by atoms with E-state index in [4.69, 9.17) is 0 Å². The van der Waals surface area contributed by atoms with Gasteiger partial charge in [-0.1, -0.05) is 6.92 Å². The van der Waals surface area contributed by atoms with E-state index in [-0.39, 0.29) is 18.0 Å². The van der Waals surface area contributed by atoms with Crippen LogP contribution in [0.25, 0.3) is 0 Å². The number of anilines is 2. The van der Waals surface area contributed by atoms with Crippen molar-refractivity contribution < 1.29 is 9.50 Å². The largest absolute Gasteiger partial charge is 0.394 e. The van der Waals surface area contributed by atoms with E-state index < -0.39 is 5.82 Å². The molecule has 0 amide bonds. The van der Waals surface area contributed by atoms with Crippen molar-refractivity contribution in [2.45, 2.75) is 31.7 Å². The molecule has 0 aromatic carbocycles. The van der Waals surface area contributed by atoms with Gasteiger partial charge in [-0.05, 0) is 19.3 Å². The van der Waals surface area contributed by atoms with Crippen LogP contribution in [0.1, 0.15) is 26.2 Å². The van der Waals surface area contributed by atoms with E-state index in [1.807, 2.05) is 6.92 Å². The van der Waals surface area contributed by atoms with Crippen molar-refractivity contribution in [2.75, 3.05) is 23.8 Å². The lowest BCUT2D eigenvalue weighted by atomic mass is 10.3. The van der Waals surface area contributed by atoms with E-state index in [9.17, 15) is 9.50 Å². The summed E-state index contributed by atoms with van der Waals surface area (Å²) in [4.78, 5) is 7.92. The molecule has 0 aliphatic heterocycles. The van der Waals surface area contributed by atoms with Gasteiger partial charge in [0.15, 0.2) is 11.6 Å². The summed E-state index contributed by atoms with van der Waals surface area (Å²) >= 11 is 0. The molecular formula is C11H17FN4O. The number of rotatable bonds is 6. The third kappa shape index (κ3) is 2.82. The summed E-state index contributed by atoms with van der Waals surface area (Å²) in [7, 11) is 0. The molecule has 0 spiro atoms. The third-order valence-corrected chi connectivity index (χ3v) is 2.82. The first-order valence-corrected chi connectivity index (χ1v) is 5.84. The van der Waals surface area contributed by atoms with Gasteiger partial charge >= 0.3 is 0 Å². The van der Waals surface area contributed by atoms with Crippen LogP contribution >= 0.6 is 0 Å². The zero-order chi connectivity index (χ0) is 12.3. The molecule has 6 heteroatoms. The molecule has 94 valence electrons. The molecule has 1 aliphatic rings. The Balaban J connectivity index is 2.09. The minimum Gasteiger partial charge on any atom is -0.394 e. The fourth-order valence-electron chi connectivity index (χ4n) is 1.50. The summed E-state index contributed by atoms with van der Waals surface area (Å²) in [5, 5.41) is 15.1. The number of aliphatic hydroxyl groups excluding tert-OH is 1. The molecule has 2 rings (SSSR count). The van der Waals surface area contributed by atoms with Crippen LogP contribution in [0.3, 0.4) is 0 Å². The molecule has 0 bridgehead atoms. The number of halogens is 1. The van der Waals surface area contributed by atoms with Gasteiger partial charge in [-0.3, -0.25) is 0 Å². The first-order chi connectivity index (χ1) is 8.19. The van der Waals surface area contributed by atoms with Crippen LogP contribution in [0.2, 0.25) is 0 Å². The van der Waals surface area contributed by atoms with Gasteiger partial charge in [-0.2, -0.15) is 4.98 Å². The molecule has 1 fully saturated rings. The Morgan fingerprint density at radius 2 is 2.29 bits per heavy atom. The summed E-state index contributed by atoms with van der Waals surface area (Å²) in [6.45, 7) is 2.77. The number of nitrogens with one attached hydrogen (secondary N) is 2. The van der Waals surface area contributed by atoms with Crippen molar-refractivity contribution in [1.29, 1.82) is 0 Å². The van der Waals surface area contributed by atoms with Gasteiger partial charge in [0.2, 0.25) is 5.95 Å². The topological polar surface area (TPSA) is 70.1 Å². The maximum Gasteiger partial charge on any atom is 0.224 e. The molecule has 0 radical (unpaired) electrons. The number of aromatic nitrogens is 2. The highest BCUT2D eigenvalue weighted by molar-refractivity contribution is 5.45. The molecule has 0 unspecified atom stereocenters. The Kier molecular flexibility index (Phi) is 3.42. The van der Waals surface area contributed by atoms with Crippen LogP contribution in [-0.2, 0) is 0 Å². The van der Waals surface area contributed by atoms with Crippen LogP contribution in [0.4, 0.5) is 16.2 Å². The zero-order valence-electron chi connectivity index (χ0n) is 9.83. The van der Waals surface area contributed by atoms with E-state index in [0.717, 1.165) is 32.0 Å². The third-order valence-electron chi connectivity index (χ3n) is 2.82. The monoisotopic (exact) mass is 240 g/mol. The maximum atomic E-state index is 13.5. The highest BCUT2D eigenvalue weighted by Crippen LogP contribution is 2.38. The average molecular weight is 240 g/mol. The maximum absolute atomic E-state index is 13.5. The minimum atomic E-state index is -0.494. The van der Waals surface area contributed by atoms with Gasteiger partial charge in [-0.15, -0.1) is 0 Å². The predicted molar refractivity (Wildman–Crippen MR) is 63.4 cm³/mol. The highest BCUT2D eigenvalue weighted by Gasteiger charge is 2.42. The van der Waals surface area contributed by atoms with Crippen molar-refractivity contribution in [3.63, 3.8) is 0 Å². The first kappa shape index (κ1) is 12.0. The smallest absolute Gasteiger partial charge is 0.224 e. The molecule has 1 aromatic heterocycles. The fraction of sp³-hybridized carbons (Fsp3) is 0.636. The Bertz CT molecular complexity index is 395. The second-order valence-electron chi connectivity index (χ2n) is 4.38. The Morgan fingerprint density at radius 3 is 2.88 bits per heavy atom. The van der Waals surface area contributed by atoms with Crippen molar-refractivity contribution in [3.05, 3.63) is 12.0 Å². The Labute approximate surface area is 99.5 Å². The van der Waals surface area contributed by atoms with Crippen LogP contribution in [-0.4, -0.2) is 33.8 Å². The lowest BCUT2D eigenvalue weighted by molar-refractivity contribution is 0.265. The fourth-order valence-corrected chi connectivity index (χ4v) is 1.50. The van der Waals surface area contributed by atoms with Gasteiger partial charge in [0.1, 0.15) is 0 Å². The van der Waals surface area contributed by atoms with Crippen LogP contribution < -0.4 is 10.6 Å². The van der Waals surface area contributed by atoms with Gasteiger partial charge in [-0.25, -0.2) is 9.37 Å². The normalized spacial score (nSPS) is 16.6. The highest BCUT2D eigenvalue weighted by atomic mass is 19.1. The van der Waals surface area contributed by atoms with Crippen molar-refractivity contribution >= 4 is 11.8 Å². The number of hydrogen-bond acceptors (Lipinski definition) is 5. The standard InChI is InChI=1S/C11H17FN4O/c1-2-5-13-10-14-6-8(12)9(15-10)16-11(7-17)3-4-11/h6,17H,2-5,7H2,1H3,(H2,13,14,15,16). The molecule has 5 nitrogen and oxygen atoms in total. The molecule has 1 aliphatic carbocycles.